The Balaban J connectivity index is 1.80. The maximum absolute atomic E-state index is 12.4. The predicted molar refractivity (Wildman–Crippen MR) is 101 cm³/mol. The van der Waals surface area contributed by atoms with Gasteiger partial charge in [0.15, 0.2) is 0 Å². The molecule has 0 aliphatic carbocycles. The number of carbonyl (C=O) groups excluding carboxylic acids is 2. The summed E-state index contributed by atoms with van der Waals surface area (Å²) >= 11 is 0. The number of anilines is 2. The van der Waals surface area contributed by atoms with Crippen LogP contribution in [0.1, 0.15) is 28.4 Å². The molecular formula is C19H20N2O4S. The van der Waals surface area contributed by atoms with Crippen molar-refractivity contribution in [3.63, 3.8) is 0 Å². The third-order valence-corrected chi connectivity index (χ3v) is 6.36. The molecule has 0 aromatic heterocycles. The molecule has 1 atom stereocenters. The summed E-state index contributed by atoms with van der Waals surface area (Å²) in [7, 11) is -3.65. The van der Waals surface area contributed by atoms with E-state index in [2.05, 4.69) is 5.32 Å². The molecule has 26 heavy (non-hydrogen) atoms. The maximum Gasteiger partial charge on any atom is 0.255 e. The van der Waals surface area contributed by atoms with Crippen LogP contribution in [0.25, 0.3) is 0 Å². The Bertz CT molecular complexity index is 981. The van der Waals surface area contributed by atoms with Crippen LogP contribution in [0.2, 0.25) is 0 Å². The Hall–Kier alpha value is -2.67. The van der Waals surface area contributed by atoms with Gasteiger partial charge in [-0.3, -0.25) is 9.59 Å². The van der Waals surface area contributed by atoms with E-state index in [0.717, 1.165) is 15.4 Å². The highest BCUT2D eigenvalue weighted by atomic mass is 32.2. The minimum absolute atomic E-state index is 0.194. The first-order chi connectivity index (χ1) is 12.2. The van der Waals surface area contributed by atoms with E-state index in [4.69, 9.17) is 0 Å². The quantitative estimate of drug-likeness (QED) is 0.898. The van der Waals surface area contributed by atoms with Gasteiger partial charge in [0.25, 0.3) is 5.91 Å². The molecule has 0 bridgehead atoms. The molecule has 1 heterocycles. The van der Waals surface area contributed by atoms with Gasteiger partial charge >= 0.3 is 0 Å². The fraction of sp³-hybridized carbons (Fsp3) is 0.263. The highest BCUT2D eigenvalue weighted by molar-refractivity contribution is 7.94. The second-order valence-corrected chi connectivity index (χ2v) is 8.44. The minimum atomic E-state index is -3.65. The van der Waals surface area contributed by atoms with Crippen molar-refractivity contribution in [3.05, 3.63) is 59.2 Å². The van der Waals surface area contributed by atoms with Crippen molar-refractivity contribution in [2.75, 3.05) is 15.4 Å². The number of hydrogen-bond donors (Lipinski definition) is 1. The molecule has 1 saturated heterocycles. The first kappa shape index (κ1) is 18.1. The second kappa shape index (κ2) is 6.57. The summed E-state index contributed by atoms with van der Waals surface area (Å²) in [6.07, 6.45) is 0. The van der Waals surface area contributed by atoms with E-state index < -0.39 is 21.8 Å². The second-order valence-electron chi connectivity index (χ2n) is 6.58. The lowest BCUT2D eigenvalue weighted by molar-refractivity contribution is -0.119. The van der Waals surface area contributed by atoms with Gasteiger partial charge in [-0.1, -0.05) is 13.0 Å². The molecule has 1 unspecified atom stereocenters. The summed E-state index contributed by atoms with van der Waals surface area (Å²) in [4.78, 5) is 24.5. The monoisotopic (exact) mass is 372 g/mol. The SMILES string of the molecule is Cc1ccc(NC(=O)c2ccc(N3C(=O)C(C)CS3(=O)=O)cc2)cc1C. The van der Waals surface area contributed by atoms with Crippen molar-refractivity contribution in [2.24, 2.45) is 5.92 Å². The lowest BCUT2D eigenvalue weighted by atomic mass is 10.1. The zero-order chi connectivity index (χ0) is 19.1. The number of nitrogens with one attached hydrogen (secondary N) is 1. The van der Waals surface area contributed by atoms with Crippen molar-refractivity contribution in [2.45, 2.75) is 20.8 Å². The third kappa shape index (κ3) is 3.35. The molecule has 7 heteroatoms. The van der Waals surface area contributed by atoms with Gasteiger partial charge in [0.05, 0.1) is 17.4 Å². The van der Waals surface area contributed by atoms with Crippen LogP contribution in [0.5, 0.6) is 0 Å². The molecule has 0 spiro atoms. The Labute approximate surface area is 152 Å². The number of sulfonamides is 1. The molecule has 1 aliphatic heterocycles. The van der Waals surface area contributed by atoms with Crippen LogP contribution in [0.4, 0.5) is 11.4 Å². The summed E-state index contributed by atoms with van der Waals surface area (Å²) in [6, 6.07) is 11.6. The Morgan fingerprint density at radius 2 is 1.73 bits per heavy atom. The lowest BCUT2D eigenvalue weighted by Gasteiger charge is -2.15. The molecule has 2 aromatic carbocycles. The van der Waals surface area contributed by atoms with Gasteiger partial charge in [0, 0.05) is 11.3 Å². The van der Waals surface area contributed by atoms with Crippen molar-refractivity contribution < 1.29 is 18.0 Å². The molecule has 136 valence electrons. The molecule has 1 N–H and O–H groups in total. The fourth-order valence-corrected chi connectivity index (χ4v) is 4.68. The summed E-state index contributed by atoms with van der Waals surface area (Å²) in [5.74, 6) is -1.50. The van der Waals surface area contributed by atoms with Crippen molar-refractivity contribution in [1.29, 1.82) is 0 Å². The number of amides is 2. The number of hydrogen-bond acceptors (Lipinski definition) is 4. The number of benzene rings is 2. The van der Waals surface area contributed by atoms with Gasteiger partial charge in [-0.25, -0.2) is 12.7 Å². The lowest BCUT2D eigenvalue weighted by Crippen LogP contribution is -2.30. The summed E-state index contributed by atoms with van der Waals surface area (Å²) in [5, 5.41) is 2.81. The van der Waals surface area contributed by atoms with Gasteiger partial charge in [-0.2, -0.15) is 0 Å². The number of carbonyl (C=O) groups is 2. The average Bonchev–Trinajstić information content (AvgIpc) is 2.78. The molecule has 2 aromatic rings. The van der Waals surface area contributed by atoms with Crippen molar-refractivity contribution >= 4 is 33.2 Å². The molecule has 0 radical (unpaired) electrons. The molecule has 6 nitrogen and oxygen atoms in total. The van der Waals surface area contributed by atoms with Crippen LogP contribution >= 0.6 is 0 Å². The highest BCUT2D eigenvalue weighted by Crippen LogP contribution is 2.28. The van der Waals surface area contributed by atoms with Crippen molar-refractivity contribution in [1.82, 2.24) is 0 Å². The normalized spacial score (nSPS) is 18.8. The van der Waals surface area contributed by atoms with Crippen LogP contribution < -0.4 is 9.62 Å². The molecule has 1 aliphatic rings. The van der Waals surface area contributed by atoms with Crippen molar-refractivity contribution in [3.8, 4) is 0 Å². The number of aryl methyl sites for hydroxylation is 2. The van der Waals surface area contributed by atoms with E-state index >= 15 is 0 Å². The van der Waals surface area contributed by atoms with E-state index in [1.807, 2.05) is 32.0 Å². The summed E-state index contributed by atoms with van der Waals surface area (Å²) < 4.78 is 25.1. The fourth-order valence-electron chi connectivity index (χ4n) is 2.86. The average molecular weight is 372 g/mol. The first-order valence-corrected chi connectivity index (χ1v) is 9.85. The zero-order valence-electron chi connectivity index (χ0n) is 14.8. The minimum Gasteiger partial charge on any atom is -0.322 e. The van der Waals surface area contributed by atoms with E-state index in [1.165, 1.54) is 24.3 Å². The topological polar surface area (TPSA) is 83.6 Å². The Kier molecular flexibility index (Phi) is 4.58. The molecule has 3 rings (SSSR count). The smallest absolute Gasteiger partial charge is 0.255 e. The zero-order valence-corrected chi connectivity index (χ0v) is 15.6. The standard InChI is InChI=1S/C19H20N2O4S/c1-12-4-7-16(10-13(12)2)20-18(22)15-5-8-17(9-6-15)21-19(23)14(3)11-26(21,24)25/h4-10,14H,11H2,1-3H3,(H,20,22). The first-order valence-electron chi connectivity index (χ1n) is 8.24. The molecule has 1 fully saturated rings. The maximum atomic E-state index is 12.4. The van der Waals surface area contributed by atoms with Gasteiger partial charge in [-0.15, -0.1) is 0 Å². The van der Waals surface area contributed by atoms with Crippen LogP contribution in [-0.4, -0.2) is 26.0 Å². The largest absolute Gasteiger partial charge is 0.322 e. The number of nitrogens with zero attached hydrogens (tertiary/aromatic N) is 1. The Morgan fingerprint density at radius 3 is 2.27 bits per heavy atom. The van der Waals surface area contributed by atoms with E-state index in [1.54, 1.807) is 6.92 Å². The molecular weight excluding hydrogens is 352 g/mol. The van der Waals surface area contributed by atoms with Crippen LogP contribution in [0.3, 0.4) is 0 Å². The number of rotatable bonds is 3. The highest BCUT2D eigenvalue weighted by Gasteiger charge is 2.41. The van der Waals surface area contributed by atoms with Gasteiger partial charge < -0.3 is 5.32 Å². The molecule has 0 saturated carbocycles. The summed E-state index contributed by atoms with van der Waals surface area (Å²) in [6.45, 7) is 5.55. The van der Waals surface area contributed by atoms with Gasteiger partial charge in [-0.05, 0) is 61.4 Å². The van der Waals surface area contributed by atoms with Gasteiger partial charge in [0.2, 0.25) is 15.9 Å². The van der Waals surface area contributed by atoms with E-state index in [-0.39, 0.29) is 17.3 Å². The van der Waals surface area contributed by atoms with E-state index in [0.29, 0.717) is 11.3 Å². The predicted octanol–water partition coefficient (Wildman–Crippen LogP) is 2.87. The third-order valence-electron chi connectivity index (χ3n) is 4.49. The Morgan fingerprint density at radius 1 is 1.08 bits per heavy atom. The van der Waals surface area contributed by atoms with Crippen LogP contribution in [0, 0.1) is 19.8 Å². The van der Waals surface area contributed by atoms with E-state index in [9.17, 15) is 18.0 Å². The summed E-state index contributed by atoms with van der Waals surface area (Å²) in [5.41, 5.74) is 3.53. The molecule has 2 amide bonds. The van der Waals surface area contributed by atoms with Crippen LogP contribution in [0.15, 0.2) is 42.5 Å². The van der Waals surface area contributed by atoms with Crippen LogP contribution in [-0.2, 0) is 14.8 Å². The van der Waals surface area contributed by atoms with Gasteiger partial charge in [0.1, 0.15) is 0 Å².